The minimum absolute atomic E-state index is 0.570. The SMILES string of the molecule is CCc1c(/C=C/OC)cccc1-c1cnc(-c2ccc(CC(C)C)c(N)c2)nc1. The molecule has 0 radical (unpaired) electrons. The van der Waals surface area contributed by atoms with Crippen LogP contribution in [0.2, 0.25) is 0 Å². The standard InChI is InChI=1S/C25H29N3O/c1-5-22-18(11-12-29-4)7-6-8-23(22)21-15-27-25(28-16-21)20-10-9-19(13-17(2)3)24(26)14-20/h6-12,14-17H,5,13,26H2,1-4H3/b12-11+. The Kier molecular flexibility index (Phi) is 6.65. The first-order valence-corrected chi connectivity index (χ1v) is 10.1. The number of methoxy groups -OCH3 is 1. The molecule has 0 aliphatic heterocycles. The van der Waals surface area contributed by atoms with Gasteiger partial charge in [0.25, 0.3) is 0 Å². The van der Waals surface area contributed by atoms with Gasteiger partial charge in [0, 0.05) is 29.2 Å². The van der Waals surface area contributed by atoms with E-state index in [1.54, 1.807) is 13.4 Å². The van der Waals surface area contributed by atoms with Gasteiger partial charge in [-0.15, -0.1) is 0 Å². The zero-order chi connectivity index (χ0) is 20.8. The highest BCUT2D eigenvalue weighted by Crippen LogP contribution is 2.29. The second kappa shape index (κ2) is 9.37. The van der Waals surface area contributed by atoms with E-state index >= 15 is 0 Å². The first-order valence-electron chi connectivity index (χ1n) is 10.1. The third-order valence-corrected chi connectivity index (χ3v) is 4.94. The fourth-order valence-electron chi connectivity index (χ4n) is 3.54. The number of ether oxygens (including phenoxy) is 1. The Bertz CT molecular complexity index is 991. The predicted molar refractivity (Wildman–Crippen MR) is 121 cm³/mol. The number of nitrogens with zero attached hydrogens (tertiary/aromatic N) is 2. The average molecular weight is 388 g/mol. The zero-order valence-electron chi connectivity index (χ0n) is 17.6. The van der Waals surface area contributed by atoms with Crippen LogP contribution in [0.1, 0.15) is 37.5 Å². The van der Waals surface area contributed by atoms with Crippen molar-refractivity contribution in [1.29, 1.82) is 0 Å². The fourth-order valence-corrected chi connectivity index (χ4v) is 3.54. The van der Waals surface area contributed by atoms with E-state index in [1.165, 1.54) is 11.1 Å². The molecule has 0 amide bonds. The Morgan fingerprint density at radius 2 is 1.83 bits per heavy atom. The molecule has 3 rings (SSSR count). The van der Waals surface area contributed by atoms with Crippen LogP contribution < -0.4 is 5.73 Å². The van der Waals surface area contributed by atoms with E-state index in [2.05, 4.69) is 55.0 Å². The van der Waals surface area contributed by atoms with Gasteiger partial charge in [0.15, 0.2) is 5.82 Å². The van der Waals surface area contributed by atoms with Crippen molar-refractivity contribution in [3.05, 3.63) is 71.7 Å². The van der Waals surface area contributed by atoms with Crippen molar-refractivity contribution >= 4 is 11.8 Å². The van der Waals surface area contributed by atoms with E-state index in [-0.39, 0.29) is 0 Å². The maximum absolute atomic E-state index is 6.25. The molecule has 2 N–H and O–H groups in total. The van der Waals surface area contributed by atoms with Gasteiger partial charge in [-0.3, -0.25) is 0 Å². The molecule has 0 spiro atoms. The number of nitrogens with two attached hydrogens (primary N) is 1. The summed E-state index contributed by atoms with van der Waals surface area (Å²) in [5, 5.41) is 0. The van der Waals surface area contributed by atoms with Crippen LogP contribution in [0, 0.1) is 5.92 Å². The lowest BCUT2D eigenvalue weighted by molar-refractivity contribution is 0.341. The molecular formula is C25H29N3O. The van der Waals surface area contributed by atoms with Gasteiger partial charge in [0.1, 0.15) is 0 Å². The number of rotatable bonds is 7. The highest BCUT2D eigenvalue weighted by Gasteiger charge is 2.10. The molecule has 0 unspecified atom stereocenters. The van der Waals surface area contributed by atoms with Crippen LogP contribution in [0.4, 0.5) is 5.69 Å². The van der Waals surface area contributed by atoms with Gasteiger partial charge in [-0.2, -0.15) is 0 Å². The first-order chi connectivity index (χ1) is 14.0. The van der Waals surface area contributed by atoms with E-state index < -0.39 is 0 Å². The summed E-state index contributed by atoms with van der Waals surface area (Å²) in [6, 6.07) is 12.4. The Hall–Kier alpha value is -3.14. The summed E-state index contributed by atoms with van der Waals surface area (Å²) in [5.74, 6) is 1.26. The van der Waals surface area contributed by atoms with Crippen molar-refractivity contribution < 1.29 is 4.74 Å². The summed E-state index contributed by atoms with van der Waals surface area (Å²) in [6.45, 7) is 6.54. The van der Waals surface area contributed by atoms with Gasteiger partial charge in [-0.05, 0) is 53.2 Å². The summed E-state index contributed by atoms with van der Waals surface area (Å²) < 4.78 is 5.08. The van der Waals surface area contributed by atoms with Crippen LogP contribution in [0.25, 0.3) is 28.6 Å². The zero-order valence-corrected chi connectivity index (χ0v) is 17.6. The third-order valence-electron chi connectivity index (χ3n) is 4.94. The van der Waals surface area contributed by atoms with Crippen LogP contribution in [-0.4, -0.2) is 17.1 Å². The van der Waals surface area contributed by atoms with Gasteiger partial charge in [0.05, 0.1) is 13.4 Å². The molecule has 0 fully saturated rings. The second-order valence-electron chi connectivity index (χ2n) is 7.57. The molecule has 4 heteroatoms. The molecule has 0 bridgehead atoms. The second-order valence-corrected chi connectivity index (χ2v) is 7.57. The maximum atomic E-state index is 6.25. The Labute approximate surface area is 173 Å². The molecule has 0 aliphatic carbocycles. The highest BCUT2D eigenvalue weighted by molar-refractivity contribution is 5.73. The van der Waals surface area contributed by atoms with Gasteiger partial charge in [0.2, 0.25) is 0 Å². The number of benzene rings is 2. The molecule has 0 atom stereocenters. The van der Waals surface area contributed by atoms with Gasteiger partial charge in [-0.1, -0.05) is 51.1 Å². The summed E-state index contributed by atoms with van der Waals surface area (Å²) in [4.78, 5) is 9.23. The minimum Gasteiger partial charge on any atom is -0.504 e. The van der Waals surface area contributed by atoms with Gasteiger partial charge in [-0.25, -0.2) is 9.97 Å². The molecule has 29 heavy (non-hydrogen) atoms. The molecule has 0 saturated heterocycles. The monoisotopic (exact) mass is 387 g/mol. The number of aromatic nitrogens is 2. The van der Waals surface area contributed by atoms with Crippen LogP contribution >= 0.6 is 0 Å². The normalized spacial score (nSPS) is 11.3. The number of hydrogen-bond acceptors (Lipinski definition) is 4. The Balaban J connectivity index is 1.91. The van der Waals surface area contributed by atoms with E-state index in [0.29, 0.717) is 11.7 Å². The maximum Gasteiger partial charge on any atom is 0.159 e. The van der Waals surface area contributed by atoms with Gasteiger partial charge < -0.3 is 10.5 Å². The number of hydrogen-bond donors (Lipinski definition) is 1. The molecule has 0 saturated carbocycles. The molecular weight excluding hydrogens is 358 g/mol. The lowest BCUT2D eigenvalue weighted by Gasteiger charge is -2.12. The van der Waals surface area contributed by atoms with Crippen molar-refractivity contribution in [3.8, 4) is 22.5 Å². The molecule has 2 aromatic carbocycles. The third kappa shape index (κ3) is 4.83. The van der Waals surface area contributed by atoms with Crippen molar-refractivity contribution in [1.82, 2.24) is 9.97 Å². The average Bonchev–Trinajstić information content (AvgIpc) is 2.73. The van der Waals surface area contributed by atoms with Crippen LogP contribution in [-0.2, 0) is 17.6 Å². The highest BCUT2D eigenvalue weighted by atomic mass is 16.5. The molecule has 1 aromatic heterocycles. The lowest BCUT2D eigenvalue weighted by atomic mass is 9.95. The van der Waals surface area contributed by atoms with E-state index in [4.69, 9.17) is 10.5 Å². The topological polar surface area (TPSA) is 61.0 Å². The van der Waals surface area contributed by atoms with Crippen molar-refractivity contribution in [3.63, 3.8) is 0 Å². The number of nitrogen functional groups attached to an aromatic ring is 1. The van der Waals surface area contributed by atoms with Crippen LogP contribution in [0.15, 0.2) is 55.1 Å². The largest absolute Gasteiger partial charge is 0.504 e. The van der Waals surface area contributed by atoms with Crippen molar-refractivity contribution in [2.24, 2.45) is 5.92 Å². The predicted octanol–water partition coefficient (Wildman–Crippen LogP) is 5.77. The lowest BCUT2D eigenvalue weighted by Crippen LogP contribution is -2.00. The molecule has 3 aromatic rings. The Morgan fingerprint density at radius 1 is 1.07 bits per heavy atom. The molecule has 1 heterocycles. The summed E-state index contributed by atoms with van der Waals surface area (Å²) >= 11 is 0. The quantitative estimate of drug-likeness (QED) is 0.413. The van der Waals surface area contributed by atoms with E-state index in [9.17, 15) is 0 Å². The fraction of sp³-hybridized carbons (Fsp3) is 0.280. The van der Waals surface area contributed by atoms with E-state index in [0.717, 1.165) is 40.8 Å². The summed E-state index contributed by atoms with van der Waals surface area (Å²) in [6.07, 6.45) is 9.34. The van der Waals surface area contributed by atoms with Gasteiger partial charge >= 0.3 is 0 Å². The van der Waals surface area contributed by atoms with Crippen LogP contribution in [0.5, 0.6) is 0 Å². The molecule has 4 nitrogen and oxygen atoms in total. The molecule has 0 aliphatic rings. The summed E-state index contributed by atoms with van der Waals surface area (Å²) in [5.41, 5.74) is 13.7. The van der Waals surface area contributed by atoms with Crippen molar-refractivity contribution in [2.45, 2.75) is 33.6 Å². The first kappa shape index (κ1) is 20.6. The van der Waals surface area contributed by atoms with E-state index in [1.807, 2.05) is 30.6 Å². The summed E-state index contributed by atoms with van der Waals surface area (Å²) in [7, 11) is 1.65. The smallest absolute Gasteiger partial charge is 0.159 e. The number of anilines is 1. The Morgan fingerprint density at radius 3 is 2.45 bits per heavy atom. The molecule has 150 valence electrons. The van der Waals surface area contributed by atoms with Crippen LogP contribution in [0.3, 0.4) is 0 Å². The van der Waals surface area contributed by atoms with Crippen molar-refractivity contribution in [2.75, 3.05) is 12.8 Å². The minimum atomic E-state index is 0.570.